The fourth-order valence-corrected chi connectivity index (χ4v) is 9.41. The van der Waals surface area contributed by atoms with Crippen molar-refractivity contribution in [3.63, 3.8) is 0 Å². The molecule has 6 rings (SSSR count). The SMILES string of the molecule is Cc1ccc(CN2C[C@@H]3CC4[C@@H]5C[C@H](F)C6=CC(=O)C=C[C@]6(C)[C@@]5(F)[C@@H](O)C[C@]4(C)[C@]3(C(=O)CF)C2)o1. The average Bonchev–Trinajstić information content (AvgIpc) is 3.49. The van der Waals surface area contributed by atoms with Gasteiger partial charge in [0.05, 0.1) is 18.1 Å². The molecule has 4 fully saturated rings. The minimum Gasteiger partial charge on any atom is -0.465 e. The fourth-order valence-electron chi connectivity index (χ4n) is 9.41. The molecule has 8 heteroatoms. The van der Waals surface area contributed by atoms with Crippen LogP contribution in [0.3, 0.4) is 0 Å². The van der Waals surface area contributed by atoms with Crippen molar-refractivity contribution in [3.8, 4) is 0 Å². The van der Waals surface area contributed by atoms with Crippen molar-refractivity contribution in [2.45, 2.75) is 64.5 Å². The lowest BCUT2D eigenvalue weighted by molar-refractivity contribution is -0.211. The third-order valence-corrected chi connectivity index (χ3v) is 11.0. The number of aliphatic hydroxyl groups is 1. The van der Waals surface area contributed by atoms with Gasteiger partial charge in [0.2, 0.25) is 0 Å². The van der Waals surface area contributed by atoms with E-state index >= 15 is 8.78 Å². The molecule has 5 nitrogen and oxygen atoms in total. The number of carbonyl (C=O) groups excluding carboxylic acids is 2. The highest BCUT2D eigenvalue weighted by atomic mass is 19.1. The molecule has 3 saturated carbocycles. The van der Waals surface area contributed by atoms with E-state index in [1.54, 1.807) is 6.92 Å². The largest absolute Gasteiger partial charge is 0.465 e. The molecule has 0 bridgehead atoms. The Balaban J connectivity index is 1.41. The lowest BCUT2D eigenvalue weighted by Gasteiger charge is -2.63. The van der Waals surface area contributed by atoms with Crippen molar-refractivity contribution < 1.29 is 32.3 Å². The van der Waals surface area contributed by atoms with E-state index in [0.29, 0.717) is 26.1 Å². The second kappa shape index (κ2) is 7.92. The number of ketones is 2. The quantitative estimate of drug-likeness (QED) is 0.638. The summed E-state index contributed by atoms with van der Waals surface area (Å²) in [6.45, 7) is 5.47. The molecule has 2 heterocycles. The zero-order valence-corrected chi connectivity index (χ0v) is 21.5. The first kappa shape index (κ1) is 25.1. The molecule has 200 valence electrons. The van der Waals surface area contributed by atoms with E-state index in [2.05, 4.69) is 4.90 Å². The molecular weight excluding hydrogens is 483 g/mol. The monoisotopic (exact) mass is 517 g/mol. The highest BCUT2D eigenvalue weighted by Crippen LogP contribution is 2.74. The van der Waals surface area contributed by atoms with E-state index in [1.165, 1.54) is 18.2 Å². The standard InChI is InChI=1S/C29H34F3NO4/c1-16-4-5-19(37-16)14-33-13-17-8-20-21-10-23(31)22-9-18(34)6-7-26(22,2)29(21,32)24(35)11-27(20,3)28(17,15-33)25(36)12-30/h4-7,9,17,20-21,23-24,35H,8,10-15H2,1-3H3/t17-,20?,21-,23-,24-,26-,27-,28+,29-/m0/s1. The summed E-state index contributed by atoms with van der Waals surface area (Å²) < 4.78 is 53.0. The summed E-state index contributed by atoms with van der Waals surface area (Å²) in [4.78, 5) is 27.6. The van der Waals surface area contributed by atoms with Crippen LogP contribution < -0.4 is 0 Å². The summed E-state index contributed by atoms with van der Waals surface area (Å²) >= 11 is 0. The summed E-state index contributed by atoms with van der Waals surface area (Å²) in [5, 5.41) is 11.5. The Labute approximate surface area is 214 Å². The normalized spacial score (nSPS) is 46.7. The van der Waals surface area contributed by atoms with Gasteiger partial charge in [0, 0.05) is 24.4 Å². The maximum atomic E-state index is 17.4. The Hall–Kier alpha value is -2.19. The van der Waals surface area contributed by atoms with Gasteiger partial charge in [-0.05, 0) is 80.2 Å². The summed E-state index contributed by atoms with van der Waals surface area (Å²) in [6.07, 6.45) is 1.09. The van der Waals surface area contributed by atoms with Crippen LogP contribution in [0.25, 0.3) is 0 Å². The number of halogens is 3. The molecule has 1 aliphatic heterocycles. The van der Waals surface area contributed by atoms with Gasteiger partial charge < -0.3 is 9.52 Å². The summed E-state index contributed by atoms with van der Waals surface area (Å²) in [5.41, 5.74) is -5.60. The van der Waals surface area contributed by atoms with Gasteiger partial charge in [-0.15, -0.1) is 0 Å². The molecule has 1 unspecified atom stereocenters. The van der Waals surface area contributed by atoms with Crippen molar-refractivity contribution in [1.29, 1.82) is 0 Å². The molecule has 1 aromatic heterocycles. The second-order valence-electron chi connectivity index (χ2n) is 12.5. The first-order valence-corrected chi connectivity index (χ1v) is 13.2. The zero-order chi connectivity index (χ0) is 26.5. The van der Waals surface area contributed by atoms with Crippen LogP contribution in [0.1, 0.15) is 44.6 Å². The maximum Gasteiger partial charge on any atom is 0.178 e. The Morgan fingerprint density at radius 2 is 2.00 bits per heavy atom. The van der Waals surface area contributed by atoms with Gasteiger partial charge in [-0.3, -0.25) is 14.5 Å². The van der Waals surface area contributed by atoms with E-state index < -0.39 is 58.5 Å². The molecule has 37 heavy (non-hydrogen) atoms. The number of allylic oxidation sites excluding steroid dienone is 4. The van der Waals surface area contributed by atoms with Crippen molar-refractivity contribution >= 4 is 11.6 Å². The number of alkyl halides is 3. The molecule has 0 radical (unpaired) electrons. The molecule has 1 saturated heterocycles. The predicted octanol–water partition coefficient (Wildman–Crippen LogP) is 4.47. The number of aliphatic hydroxyl groups excluding tert-OH is 1. The average molecular weight is 518 g/mol. The number of likely N-dealkylation sites (tertiary alicyclic amines) is 1. The van der Waals surface area contributed by atoms with Crippen molar-refractivity contribution in [1.82, 2.24) is 4.90 Å². The number of hydrogen-bond donors (Lipinski definition) is 1. The van der Waals surface area contributed by atoms with Gasteiger partial charge in [0.15, 0.2) is 17.2 Å². The first-order valence-electron chi connectivity index (χ1n) is 13.2. The lowest BCUT2D eigenvalue weighted by atomic mass is 9.43. The fraction of sp³-hybridized carbons (Fsp3) is 0.655. The minimum absolute atomic E-state index is 0.0256. The van der Waals surface area contributed by atoms with Crippen LogP contribution in [0.15, 0.2) is 40.4 Å². The Bertz CT molecular complexity index is 1230. The Kier molecular flexibility index (Phi) is 5.37. The second-order valence-corrected chi connectivity index (χ2v) is 12.5. The molecule has 0 amide bonds. The molecule has 0 aromatic carbocycles. The summed E-state index contributed by atoms with van der Waals surface area (Å²) in [7, 11) is 0. The van der Waals surface area contributed by atoms with Crippen molar-refractivity contribution in [2.75, 3.05) is 19.8 Å². The van der Waals surface area contributed by atoms with Gasteiger partial charge in [-0.2, -0.15) is 0 Å². The van der Waals surface area contributed by atoms with Crippen molar-refractivity contribution in [3.05, 3.63) is 47.5 Å². The smallest absolute Gasteiger partial charge is 0.178 e. The Morgan fingerprint density at radius 3 is 2.68 bits per heavy atom. The van der Waals surface area contributed by atoms with E-state index in [-0.39, 0.29) is 30.1 Å². The molecule has 4 aliphatic carbocycles. The highest BCUT2D eigenvalue weighted by Gasteiger charge is 2.78. The lowest BCUT2D eigenvalue weighted by Crippen LogP contribution is -2.69. The predicted molar refractivity (Wildman–Crippen MR) is 130 cm³/mol. The first-order chi connectivity index (χ1) is 17.4. The summed E-state index contributed by atoms with van der Waals surface area (Å²) in [6, 6.07) is 3.76. The van der Waals surface area contributed by atoms with Crippen molar-refractivity contribution in [2.24, 2.45) is 34.0 Å². The van der Waals surface area contributed by atoms with E-state index in [0.717, 1.165) is 11.5 Å². The third kappa shape index (κ3) is 3.00. The van der Waals surface area contributed by atoms with Crippen LogP contribution in [-0.4, -0.2) is 59.3 Å². The maximum absolute atomic E-state index is 17.4. The number of Topliss-reactive ketones (excluding diaryl/α,β-unsaturated/α-hetero) is 1. The van der Waals surface area contributed by atoms with Gasteiger partial charge in [0.25, 0.3) is 0 Å². The number of furan rings is 1. The number of rotatable bonds is 4. The molecule has 5 aliphatic rings. The van der Waals surface area contributed by atoms with Gasteiger partial charge in [0.1, 0.15) is 24.4 Å². The van der Waals surface area contributed by atoms with Crippen LogP contribution in [0.5, 0.6) is 0 Å². The number of aryl methyl sites for hydroxylation is 1. The Morgan fingerprint density at radius 1 is 1.24 bits per heavy atom. The van der Waals surface area contributed by atoms with Crippen LogP contribution in [-0.2, 0) is 16.1 Å². The van der Waals surface area contributed by atoms with Crippen LogP contribution in [0.2, 0.25) is 0 Å². The number of nitrogens with zero attached hydrogens (tertiary/aromatic N) is 1. The van der Waals surface area contributed by atoms with E-state index in [4.69, 9.17) is 4.42 Å². The van der Waals surface area contributed by atoms with E-state index in [1.807, 2.05) is 26.0 Å². The minimum atomic E-state index is -2.20. The van der Waals surface area contributed by atoms with Crippen LogP contribution >= 0.6 is 0 Å². The molecule has 1 N–H and O–H groups in total. The number of carbonyl (C=O) groups is 2. The highest BCUT2D eigenvalue weighted by molar-refractivity contribution is 6.01. The van der Waals surface area contributed by atoms with Gasteiger partial charge in [-0.1, -0.05) is 13.0 Å². The van der Waals surface area contributed by atoms with Gasteiger partial charge >= 0.3 is 0 Å². The molecule has 9 atom stereocenters. The molecule has 0 spiro atoms. The van der Waals surface area contributed by atoms with Crippen LogP contribution in [0, 0.1) is 40.9 Å². The van der Waals surface area contributed by atoms with Crippen LogP contribution in [0.4, 0.5) is 13.2 Å². The molecular formula is C29H34F3NO4. The van der Waals surface area contributed by atoms with E-state index in [9.17, 15) is 19.1 Å². The zero-order valence-electron chi connectivity index (χ0n) is 21.5. The third-order valence-electron chi connectivity index (χ3n) is 11.0. The summed E-state index contributed by atoms with van der Waals surface area (Å²) in [5.74, 6) is -0.869. The van der Waals surface area contributed by atoms with Gasteiger partial charge in [-0.25, -0.2) is 13.2 Å². The number of hydrogen-bond acceptors (Lipinski definition) is 5. The number of fused-ring (bicyclic) bond motifs is 7. The topological polar surface area (TPSA) is 70.8 Å². The molecule has 1 aromatic rings.